The minimum atomic E-state index is -5.08. The predicted molar refractivity (Wildman–Crippen MR) is 96.8 cm³/mol. The van der Waals surface area contributed by atoms with Gasteiger partial charge in [-0.05, 0) is 24.7 Å². The van der Waals surface area contributed by atoms with Gasteiger partial charge < -0.3 is 14.7 Å². The molecule has 0 saturated carbocycles. The Balaban J connectivity index is 0.000000396. The number of aliphatic carboxylic acids is 1. The molecule has 0 bridgehead atoms. The number of nitrogens with zero attached hydrogens (tertiary/aromatic N) is 3. The van der Waals surface area contributed by atoms with Gasteiger partial charge in [-0.15, -0.1) is 0 Å². The zero-order chi connectivity index (χ0) is 22.6. The first-order valence-electron chi connectivity index (χ1n) is 8.90. The van der Waals surface area contributed by atoms with Gasteiger partial charge in [-0.25, -0.2) is 32.3 Å². The highest BCUT2D eigenvalue weighted by atomic mass is 32.2. The van der Waals surface area contributed by atoms with Gasteiger partial charge >= 0.3 is 12.1 Å². The first-order valence-corrected chi connectivity index (χ1v) is 10.8. The summed E-state index contributed by atoms with van der Waals surface area (Å²) in [5, 5.41) is 7.12. The van der Waals surface area contributed by atoms with Gasteiger partial charge in [-0.3, -0.25) is 0 Å². The molecule has 0 aromatic carbocycles. The summed E-state index contributed by atoms with van der Waals surface area (Å²) in [6, 6.07) is -0.206. The number of rotatable bonds is 3. The van der Waals surface area contributed by atoms with Crippen molar-refractivity contribution < 1.29 is 40.6 Å². The molecule has 0 aliphatic carbocycles. The highest BCUT2D eigenvalue weighted by molar-refractivity contribution is 7.88. The number of sulfonamides is 1. The summed E-state index contributed by atoms with van der Waals surface area (Å²) >= 11 is 0. The summed E-state index contributed by atoms with van der Waals surface area (Å²) in [4.78, 5) is 18.9. The van der Waals surface area contributed by atoms with Crippen molar-refractivity contribution in [3.05, 3.63) is 18.2 Å². The Morgan fingerprint density at radius 2 is 1.80 bits per heavy atom. The van der Waals surface area contributed by atoms with E-state index in [1.165, 1.54) is 6.26 Å². The molecule has 3 rings (SSSR count). The number of carbonyl (C=O) groups is 1. The van der Waals surface area contributed by atoms with E-state index in [2.05, 4.69) is 14.7 Å². The van der Waals surface area contributed by atoms with Crippen LogP contribution in [-0.2, 0) is 19.6 Å². The van der Waals surface area contributed by atoms with E-state index in [-0.39, 0.29) is 11.5 Å². The maximum atomic E-state index is 12.9. The lowest BCUT2D eigenvalue weighted by atomic mass is 9.69. The Morgan fingerprint density at radius 3 is 2.27 bits per heavy atom. The molecule has 170 valence electrons. The summed E-state index contributed by atoms with van der Waals surface area (Å²) < 4.78 is 76.1. The second-order valence-corrected chi connectivity index (χ2v) is 8.90. The van der Waals surface area contributed by atoms with Gasteiger partial charge in [-0.2, -0.15) is 13.2 Å². The van der Waals surface area contributed by atoms with Crippen LogP contribution in [0.15, 0.2) is 12.4 Å². The Bertz CT molecular complexity index is 827. The van der Waals surface area contributed by atoms with E-state index in [1.807, 2.05) is 4.90 Å². The molecule has 2 aliphatic heterocycles. The molecular weight excluding hydrogens is 436 g/mol. The summed E-state index contributed by atoms with van der Waals surface area (Å²) in [5.41, 5.74) is -0.0993. The van der Waals surface area contributed by atoms with E-state index in [1.54, 1.807) is 0 Å². The van der Waals surface area contributed by atoms with Crippen molar-refractivity contribution in [2.75, 3.05) is 37.5 Å². The minimum Gasteiger partial charge on any atom is -0.475 e. The number of halogens is 4. The lowest BCUT2D eigenvalue weighted by molar-refractivity contribution is -0.192. The lowest BCUT2D eigenvalue weighted by Gasteiger charge is -2.48. The molecule has 2 saturated heterocycles. The van der Waals surface area contributed by atoms with Crippen LogP contribution in [0.3, 0.4) is 0 Å². The number of carboxylic acid groups (broad SMARTS) is 1. The van der Waals surface area contributed by atoms with Crippen LogP contribution in [0.2, 0.25) is 0 Å². The molecule has 30 heavy (non-hydrogen) atoms. The van der Waals surface area contributed by atoms with Crippen LogP contribution in [0.1, 0.15) is 19.3 Å². The largest absolute Gasteiger partial charge is 0.490 e. The maximum Gasteiger partial charge on any atom is 0.490 e. The maximum absolute atomic E-state index is 12.9. The first-order chi connectivity index (χ1) is 13.8. The average Bonchev–Trinajstić information content (AvgIpc) is 2.64. The number of piperidine rings is 1. The number of carboxylic acids is 1. The van der Waals surface area contributed by atoms with E-state index in [0.717, 1.165) is 31.7 Å². The van der Waals surface area contributed by atoms with Gasteiger partial charge in [0.1, 0.15) is 0 Å². The van der Waals surface area contributed by atoms with Gasteiger partial charge in [0, 0.05) is 19.7 Å². The molecule has 1 aromatic heterocycles. The van der Waals surface area contributed by atoms with Crippen LogP contribution in [0.25, 0.3) is 0 Å². The standard InChI is InChI=1S/C14H21FN4O3S.C2HF3O2/c1-23(20,21)18-12-10-22-7-4-14(12)2-5-19(6-3-14)13-16-8-11(15)9-17-13;3-2(4,5)1(6)7/h8-9,12,18H,2-7,10H2,1H3;(H,6,7). The molecule has 1 spiro atoms. The predicted octanol–water partition coefficient (Wildman–Crippen LogP) is 1.17. The Kier molecular flexibility index (Phi) is 7.58. The molecule has 0 amide bonds. The third-order valence-electron chi connectivity index (χ3n) is 5.02. The lowest BCUT2D eigenvalue weighted by Crippen LogP contribution is -2.57. The van der Waals surface area contributed by atoms with Crippen molar-refractivity contribution in [3.8, 4) is 0 Å². The molecule has 3 heterocycles. The quantitative estimate of drug-likeness (QED) is 0.648. The summed E-state index contributed by atoms with van der Waals surface area (Å²) in [5.74, 6) is -2.70. The number of nitrogens with one attached hydrogen (secondary N) is 1. The van der Waals surface area contributed by atoms with Crippen LogP contribution < -0.4 is 9.62 Å². The Labute approximate surface area is 170 Å². The van der Waals surface area contributed by atoms with E-state index in [9.17, 15) is 26.0 Å². The third-order valence-corrected chi connectivity index (χ3v) is 5.73. The second kappa shape index (κ2) is 9.39. The van der Waals surface area contributed by atoms with Crippen molar-refractivity contribution in [1.29, 1.82) is 0 Å². The Morgan fingerprint density at radius 1 is 1.27 bits per heavy atom. The first kappa shape index (κ1) is 24.2. The fourth-order valence-corrected chi connectivity index (χ4v) is 4.30. The summed E-state index contributed by atoms with van der Waals surface area (Å²) in [6.45, 7) is 2.48. The molecule has 0 radical (unpaired) electrons. The molecule has 14 heteroatoms. The fourth-order valence-electron chi connectivity index (χ4n) is 3.46. The van der Waals surface area contributed by atoms with Gasteiger partial charge in [0.2, 0.25) is 16.0 Å². The normalized spacial score (nSPS) is 21.6. The van der Waals surface area contributed by atoms with Crippen LogP contribution >= 0.6 is 0 Å². The molecule has 2 aliphatic rings. The minimum absolute atomic E-state index is 0.0993. The van der Waals surface area contributed by atoms with Gasteiger partial charge in [0.05, 0.1) is 31.3 Å². The van der Waals surface area contributed by atoms with Crippen LogP contribution in [0, 0.1) is 11.2 Å². The highest BCUT2D eigenvalue weighted by Crippen LogP contribution is 2.41. The zero-order valence-corrected chi connectivity index (χ0v) is 16.8. The number of aromatic nitrogens is 2. The van der Waals surface area contributed by atoms with Gasteiger partial charge in [0.15, 0.2) is 5.82 Å². The highest BCUT2D eigenvalue weighted by Gasteiger charge is 2.45. The van der Waals surface area contributed by atoms with Crippen LogP contribution in [0.4, 0.5) is 23.5 Å². The van der Waals surface area contributed by atoms with Crippen molar-refractivity contribution in [2.45, 2.75) is 31.5 Å². The molecular formula is C16H22F4N4O5S. The number of anilines is 1. The van der Waals surface area contributed by atoms with E-state index < -0.39 is 28.0 Å². The van der Waals surface area contributed by atoms with Crippen molar-refractivity contribution in [2.24, 2.45) is 5.41 Å². The average molecular weight is 458 g/mol. The summed E-state index contributed by atoms with van der Waals surface area (Å²) in [6.07, 6.45) is 0.897. The van der Waals surface area contributed by atoms with E-state index >= 15 is 0 Å². The molecule has 2 N–H and O–H groups in total. The smallest absolute Gasteiger partial charge is 0.475 e. The number of hydrogen-bond acceptors (Lipinski definition) is 7. The number of ether oxygens (including phenoxy) is 1. The number of alkyl halides is 3. The van der Waals surface area contributed by atoms with E-state index in [0.29, 0.717) is 32.3 Å². The molecule has 9 nitrogen and oxygen atoms in total. The number of hydrogen-bond donors (Lipinski definition) is 2. The second-order valence-electron chi connectivity index (χ2n) is 7.12. The van der Waals surface area contributed by atoms with Crippen LogP contribution in [-0.4, -0.2) is 74.2 Å². The van der Waals surface area contributed by atoms with Crippen LogP contribution in [0.5, 0.6) is 0 Å². The third kappa shape index (κ3) is 6.74. The SMILES string of the molecule is CS(=O)(=O)NC1COCCC12CCN(c1ncc(F)cn1)CC2.O=C(O)C(F)(F)F. The molecule has 1 unspecified atom stereocenters. The van der Waals surface area contributed by atoms with E-state index in [4.69, 9.17) is 14.6 Å². The molecule has 2 fully saturated rings. The molecule has 1 atom stereocenters. The van der Waals surface area contributed by atoms with Gasteiger partial charge in [0.25, 0.3) is 0 Å². The van der Waals surface area contributed by atoms with Crippen molar-refractivity contribution in [3.63, 3.8) is 0 Å². The monoisotopic (exact) mass is 458 g/mol. The van der Waals surface area contributed by atoms with Crippen molar-refractivity contribution in [1.82, 2.24) is 14.7 Å². The Hall–Kier alpha value is -2.06. The summed E-state index contributed by atoms with van der Waals surface area (Å²) in [7, 11) is -3.28. The fraction of sp³-hybridized carbons (Fsp3) is 0.688. The zero-order valence-electron chi connectivity index (χ0n) is 16.0. The topological polar surface area (TPSA) is 122 Å². The van der Waals surface area contributed by atoms with Crippen molar-refractivity contribution >= 4 is 21.9 Å². The molecule has 1 aromatic rings. The van der Waals surface area contributed by atoms with Gasteiger partial charge in [-0.1, -0.05) is 0 Å².